The molecule has 0 aliphatic carbocycles. The second-order valence-electron chi connectivity index (χ2n) is 4.49. The number of hydrogen-bond donors (Lipinski definition) is 1. The van der Waals surface area contributed by atoms with Crippen molar-refractivity contribution in [1.29, 1.82) is 5.26 Å². The number of hydrogen-bond acceptors (Lipinski definition) is 5. The zero-order valence-corrected chi connectivity index (χ0v) is 11.3. The minimum atomic E-state index is -0.404. The van der Waals surface area contributed by atoms with Crippen molar-refractivity contribution in [2.75, 3.05) is 20.9 Å². The molecule has 0 bridgehead atoms. The van der Waals surface area contributed by atoms with Gasteiger partial charge in [-0.25, -0.2) is 0 Å². The van der Waals surface area contributed by atoms with Crippen LogP contribution in [0.2, 0.25) is 0 Å². The lowest BCUT2D eigenvalue weighted by Crippen LogP contribution is -2.25. The first kappa shape index (κ1) is 13.7. The van der Waals surface area contributed by atoms with E-state index in [0.717, 1.165) is 5.56 Å². The Hall–Kier alpha value is -2.68. The van der Waals surface area contributed by atoms with Crippen LogP contribution in [0.4, 0.5) is 0 Å². The molecule has 6 nitrogen and oxygen atoms in total. The lowest BCUT2D eigenvalue weighted by molar-refractivity contribution is -0.117. The van der Waals surface area contributed by atoms with Crippen molar-refractivity contribution in [3.8, 4) is 17.6 Å². The number of nitriles is 1. The van der Waals surface area contributed by atoms with E-state index in [1.54, 1.807) is 25.1 Å². The molecular formula is C14H15N3O3. The van der Waals surface area contributed by atoms with Crippen molar-refractivity contribution in [3.63, 3.8) is 0 Å². The van der Waals surface area contributed by atoms with E-state index in [9.17, 15) is 4.79 Å². The second kappa shape index (κ2) is 5.97. The van der Waals surface area contributed by atoms with Crippen LogP contribution in [0.5, 0.6) is 11.5 Å². The fourth-order valence-electron chi connectivity index (χ4n) is 1.72. The summed E-state index contributed by atoms with van der Waals surface area (Å²) in [6.07, 6.45) is 1.48. The van der Waals surface area contributed by atoms with Gasteiger partial charge in [0.05, 0.1) is 0 Å². The normalized spacial score (nSPS) is 12.8. The molecule has 1 aromatic rings. The Balaban J connectivity index is 1.98. The van der Waals surface area contributed by atoms with E-state index >= 15 is 0 Å². The molecule has 0 unspecified atom stereocenters. The number of benzene rings is 1. The molecular weight excluding hydrogens is 258 g/mol. The predicted molar refractivity (Wildman–Crippen MR) is 71.8 cm³/mol. The Morgan fingerprint density at radius 2 is 2.20 bits per heavy atom. The molecule has 0 aromatic heterocycles. The van der Waals surface area contributed by atoms with Gasteiger partial charge in [-0.05, 0) is 17.7 Å². The van der Waals surface area contributed by atoms with Crippen LogP contribution in [0, 0.1) is 11.3 Å². The molecule has 1 aliphatic heterocycles. The van der Waals surface area contributed by atoms with Crippen LogP contribution >= 0.6 is 0 Å². The third kappa shape index (κ3) is 3.20. The average Bonchev–Trinajstić information content (AvgIpc) is 2.89. The highest BCUT2D eigenvalue weighted by Gasteiger charge is 2.14. The minimum Gasteiger partial charge on any atom is -0.454 e. The van der Waals surface area contributed by atoms with Gasteiger partial charge in [-0.1, -0.05) is 6.07 Å². The SMILES string of the molecule is CN(C)/C=C(\C#N)C(=O)NCc1ccc2c(c1)OCO2. The van der Waals surface area contributed by atoms with Crippen molar-refractivity contribution in [2.24, 2.45) is 0 Å². The summed E-state index contributed by atoms with van der Waals surface area (Å²) in [6.45, 7) is 0.539. The molecule has 0 atom stereocenters. The molecule has 0 spiro atoms. The van der Waals surface area contributed by atoms with Gasteiger partial charge in [0, 0.05) is 26.8 Å². The van der Waals surface area contributed by atoms with Crippen LogP contribution in [0.25, 0.3) is 0 Å². The van der Waals surface area contributed by atoms with Gasteiger partial charge in [0.15, 0.2) is 11.5 Å². The van der Waals surface area contributed by atoms with E-state index in [1.165, 1.54) is 6.20 Å². The Labute approximate surface area is 117 Å². The number of rotatable bonds is 4. The molecule has 6 heteroatoms. The van der Waals surface area contributed by atoms with E-state index < -0.39 is 5.91 Å². The maximum absolute atomic E-state index is 11.8. The van der Waals surface area contributed by atoms with Crippen molar-refractivity contribution in [1.82, 2.24) is 10.2 Å². The Morgan fingerprint density at radius 3 is 2.90 bits per heavy atom. The van der Waals surface area contributed by atoms with E-state index in [2.05, 4.69) is 5.32 Å². The first-order valence-electron chi connectivity index (χ1n) is 6.05. The molecule has 20 heavy (non-hydrogen) atoms. The molecule has 1 heterocycles. The number of ether oxygens (including phenoxy) is 2. The summed E-state index contributed by atoms with van der Waals surface area (Å²) in [7, 11) is 3.50. The lowest BCUT2D eigenvalue weighted by atomic mass is 10.2. The van der Waals surface area contributed by atoms with Crippen LogP contribution < -0.4 is 14.8 Å². The third-order valence-corrected chi connectivity index (χ3v) is 2.64. The fraction of sp³-hybridized carbons (Fsp3) is 0.286. The van der Waals surface area contributed by atoms with Gasteiger partial charge in [0.25, 0.3) is 5.91 Å². The molecule has 1 amide bonds. The predicted octanol–water partition coefficient (Wildman–Crippen LogP) is 1.00. The summed E-state index contributed by atoms with van der Waals surface area (Å²) in [4.78, 5) is 13.5. The largest absolute Gasteiger partial charge is 0.454 e. The monoisotopic (exact) mass is 273 g/mol. The zero-order valence-electron chi connectivity index (χ0n) is 11.3. The van der Waals surface area contributed by atoms with Crippen LogP contribution in [-0.4, -0.2) is 31.7 Å². The van der Waals surface area contributed by atoms with Crippen molar-refractivity contribution < 1.29 is 14.3 Å². The van der Waals surface area contributed by atoms with Gasteiger partial charge in [-0.15, -0.1) is 0 Å². The fourth-order valence-corrected chi connectivity index (χ4v) is 1.72. The van der Waals surface area contributed by atoms with Gasteiger partial charge in [0.2, 0.25) is 6.79 Å². The van der Waals surface area contributed by atoms with Gasteiger partial charge >= 0.3 is 0 Å². The smallest absolute Gasteiger partial charge is 0.263 e. The highest BCUT2D eigenvalue weighted by Crippen LogP contribution is 2.32. The van der Waals surface area contributed by atoms with Crippen LogP contribution in [-0.2, 0) is 11.3 Å². The topological polar surface area (TPSA) is 74.6 Å². The molecule has 0 saturated carbocycles. The number of amides is 1. The first-order valence-corrected chi connectivity index (χ1v) is 6.05. The Bertz CT molecular complexity index is 588. The summed E-state index contributed by atoms with van der Waals surface area (Å²) >= 11 is 0. The standard InChI is InChI=1S/C14H15N3O3/c1-17(2)8-11(6-15)14(18)16-7-10-3-4-12-13(5-10)20-9-19-12/h3-5,8H,7,9H2,1-2H3,(H,16,18)/b11-8+. The minimum absolute atomic E-state index is 0.0655. The molecule has 2 rings (SSSR count). The summed E-state index contributed by atoms with van der Waals surface area (Å²) in [5.74, 6) is 0.963. The lowest BCUT2D eigenvalue weighted by Gasteiger charge is -2.08. The van der Waals surface area contributed by atoms with E-state index in [-0.39, 0.29) is 12.4 Å². The highest BCUT2D eigenvalue weighted by molar-refractivity contribution is 5.97. The molecule has 1 N–H and O–H groups in total. The Morgan fingerprint density at radius 1 is 1.45 bits per heavy atom. The number of carbonyl (C=O) groups is 1. The summed E-state index contributed by atoms with van der Waals surface area (Å²) in [5.41, 5.74) is 0.945. The van der Waals surface area contributed by atoms with E-state index in [1.807, 2.05) is 18.2 Å². The van der Waals surface area contributed by atoms with Crippen molar-refractivity contribution in [3.05, 3.63) is 35.5 Å². The number of carbonyl (C=O) groups excluding carboxylic acids is 1. The summed E-state index contributed by atoms with van der Waals surface area (Å²) in [6, 6.07) is 7.32. The number of nitrogens with zero attached hydrogens (tertiary/aromatic N) is 2. The van der Waals surface area contributed by atoms with E-state index in [0.29, 0.717) is 18.0 Å². The molecule has 0 radical (unpaired) electrons. The number of fused-ring (bicyclic) bond motifs is 1. The molecule has 1 aromatic carbocycles. The quantitative estimate of drug-likeness (QED) is 0.654. The maximum atomic E-state index is 11.8. The highest BCUT2D eigenvalue weighted by atomic mass is 16.7. The molecule has 1 aliphatic rings. The number of nitrogens with one attached hydrogen (secondary N) is 1. The first-order chi connectivity index (χ1) is 9.60. The van der Waals surface area contributed by atoms with Crippen molar-refractivity contribution >= 4 is 5.91 Å². The summed E-state index contributed by atoms with van der Waals surface area (Å²) < 4.78 is 10.5. The van der Waals surface area contributed by atoms with Crippen LogP contribution in [0.1, 0.15) is 5.56 Å². The Kier molecular flexibility index (Phi) is 4.11. The molecule has 104 valence electrons. The van der Waals surface area contributed by atoms with Gasteiger partial charge < -0.3 is 19.7 Å². The zero-order chi connectivity index (χ0) is 14.5. The van der Waals surface area contributed by atoms with Gasteiger partial charge in [0.1, 0.15) is 11.6 Å². The molecule has 0 saturated heterocycles. The van der Waals surface area contributed by atoms with Crippen molar-refractivity contribution in [2.45, 2.75) is 6.54 Å². The summed E-state index contributed by atoms with van der Waals surface area (Å²) in [5, 5.41) is 11.6. The van der Waals surface area contributed by atoms with Gasteiger partial charge in [-0.3, -0.25) is 4.79 Å². The van der Waals surface area contributed by atoms with Crippen LogP contribution in [0.3, 0.4) is 0 Å². The van der Waals surface area contributed by atoms with Gasteiger partial charge in [-0.2, -0.15) is 5.26 Å². The average molecular weight is 273 g/mol. The van der Waals surface area contributed by atoms with E-state index in [4.69, 9.17) is 14.7 Å². The molecule has 0 fully saturated rings. The third-order valence-electron chi connectivity index (χ3n) is 2.64. The maximum Gasteiger partial charge on any atom is 0.263 e. The second-order valence-corrected chi connectivity index (χ2v) is 4.49. The van der Waals surface area contributed by atoms with Crippen LogP contribution in [0.15, 0.2) is 30.0 Å².